The Morgan fingerprint density at radius 3 is 2.67 bits per heavy atom. The van der Waals surface area contributed by atoms with E-state index in [-0.39, 0.29) is 23.0 Å². The van der Waals surface area contributed by atoms with Crippen molar-refractivity contribution in [2.45, 2.75) is 6.92 Å². The molecule has 0 aliphatic carbocycles. The fraction of sp³-hybridized carbons (Fsp3) is 0.0667. The molecule has 42 heavy (non-hydrogen) atoms. The number of pyridine rings is 1. The van der Waals surface area contributed by atoms with E-state index in [1.165, 1.54) is 23.0 Å². The van der Waals surface area contributed by atoms with Gasteiger partial charge in [0.25, 0.3) is 11.2 Å². The molecule has 0 saturated heterocycles. The van der Waals surface area contributed by atoms with Crippen LogP contribution in [0.15, 0.2) is 99.4 Å². The van der Waals surface area contributed by atoms with Crippen LogP contribution in [-0.2, 0) is 0 Å². The number of para-hydroxylation sites is 2. The highest BCUT2D eigenvalue weighted by molar-refractivity contribution is 14.1. The highest BCUT2D eigenvalue weighted by Gasteiger charge is 2.18. The van der Waals surface area contributed by atoms with Gasteiger partial charge in [-0.25, -0.2) is 9.97 Å². The molecule has 11 nitrogen and oxygen atoms in total. The molecule has 0 radical (unpaired) electrons. The number of nitrogens with zero attached hydrogens (tertiary/aromatic N) is 5. The first kappa shape index (κ1) is 27.1. The van der Waals surface area contributed by atoms with Crippen LogP contribution in [0, 0.1) is 13.7 Å². The van der Waals surface area contributed by atoms with Gasteiger partial charge in [-0.15, -0.1) is 0 Å². The van der Waals surface area contributed by atoms with Crippen LogP contribution in [0.5, 0.6) is 17.4 Å². The third-order valence-corrected chi connectivity index (χ3v) is 6.99. The van der Waals surface area contributed by atoms with Crippen molar-refractivity contribution in [3.8, 4) is 29.0 Å². The molecule has 3 aromatic carbocycles. The number of hydrogen-bond donors (Lipinski definition) is 0. The van der Waals surface area contributed by atoms with Crippen LogP contribution < -0.4 is 15.0 Å². The quantitative estimate of drug-likeness (QED) is 0.0746. The van der Waals surface area contributed by atoms with Crippen LogP contribution in [0.25, 0.3) is 33.5 Å². The Labute approximate surface area is 251 Å². The zero-order valence-electron chi connectivity index (χ0n) is 21.9. The smallest absolute Gasteiger partial charge is 0.287 e. The molecule has 0 spiro atoms. The third-order valence-electron chi connectivity index (χ3n) is 6.19. The van der Waals surface area contributed by atoms with E-state index in [1.807, 2.05) is 43.3 Å². The number of ether oxygens (including phenoxy) is 2. The number of fused-ring (bicyclic) bond motifs is 2. The van der Waals surface area contributed by atoms with E-state index in [1.54, 1.807) is 30.3 Å². The first-order chi connectivity index (χ1) is 20.4. The van der Waals surface area contributed by atoms with Crippen molar-refractivity contribution in [2.24, 2.45) is 5.10 Å². The monoisotopic (exact) mass is 673 g/mol. The highest BCUT2D eigenvalue weighted by atomic mass is 127. The highest BCUT2D eigenvalue weighted by Crippen LogP contribution is 2.37. The molecule has 3 aromatic heterocycles. The maximum Gasteiger partial charge on any atom is 0.287 e. The summed E-state index contributed by atoms with van der Waals surface area (Å²) in [5.74, 6) is 1.64. The predicted molar refractivity (Wildman–Crippen MR) is 165 cm³/mol. The summed E-state index contributed by atoms with van der Waals surface area (Å²) in [7, 11) is 0. The summed E-state index contributed by atoms with van der Waals surface area (Å²) in [4.78, 5) is 32.8. The van der Waals surface area contributed by atoms with E-state index in [9.17, 15) is 14.9 Å². The maximum atomic E-state index is 13.6. The summed E-state index contributed by atoms with van der Waals surface area (Å²) in [5, 5.41) is 16.8. The minimum absolute atomic E-state index is 0.144. The fourth-order valence-corrected chi connectivity index (χ4v) is 5.01. The van der Waals surface area contributed by atoms with Gasteiger partial charge in [0.1, 0.15) is 11.8 Å². The summed E-state index contributed by atoms with van der Waals surface area (Å²) in [6.45, 7) is 2.19. The molecule has 0 saturated carbocycles. The molecule has 6 aromatic rings. The minimum atomic E-state index is -0.531. The summed E-state index contributed by atoms with van der Waals surface area (Å²) in [6, 6.07) is 22.7. The summed E-state index contributed by atoms with van der Waals surface area (Å²) < 4.78 is 19.7. The van der Waals surface area contributed by atoms with E-state index in [4.69, 9.17) is 18.9 Å². The Hall–Kier alpha value is -5.11. The van der Waals surface area contributed by atoms with Gasteiger partial charge in [-0.1, -0.05) is 30.3 Å². The van der Waals surface area contributed by atoms with Gasteiger partial charge in [-0.3, -0.25) is 14.9 Å². The van der Waals surface area contributed by atoms with E-state index in [0.29, 0.717) is 49.5 Å². The number of benzene rings is 3. The van der Waals surface area contributed by atoms with Gasteiger partial charge in [0, 0.05) is 17.5 Å². The molecular weight excluding hydrogens is 653 g/mol. The number of aromatic nitrogens is 3. The van der Waals surface area contributed by atoms with Gasteiger partial charge in [0.15, 0.2) is 17.3 Å². The van der Waals surface area contributed by atoms with Crippen LogP contribution >= 0.6 is 22.6 Å². The molecule has 0 fully saturated rings. The van der Waals surface area contributed by atoms with Crippen LogP contribution in [0.1, 0.15) is 12.5 Å². The Morgan fingerprint density at radius 1 is 1.10 bits per heavy atom. The van der Waals surface area contributed by atoms with E-state index in [2.05, 4.69) is 32.7 Å². The predicted octanol–water partition coefficient (Wildman–Crippen LogP) is 6.79. The topological polar surface area (TPSA) is 135 Å². The molecule has 0 unspecified atom stereocenters. The van der Waals surface area contributed by atoms with Crippen molar-refractivity contribution in [2.75, 3.05) is 6.61 Å². The second-order valence-electron chi connectivity index (χ2n) is 8.94. The number of furan rings is 1. The van der Waals surface area contributed by atoms with Crippen molar-refractivity contribution >= 4 is 56.4 Å². The van der Waals surface area contributed by atoms with E-state index in [0.717, 1.165) is 11.6 Å². The summed E-state index contributed by atoms with van der Waals surface area (Å²) in [5.41, 5.74) is 1.33. The lowest BCUT2D eigenvalue weighted by Gasteiger charge is -2.14. The Bertz CT molecular complexity index is 2020. The molecule has 0 amide bonds. The zero-order valence-corrected chi connectivity index (χ0v) is 24.1. The van der Waals surface area contributed by atoms with Crippen molar-refractivity contribution in [1.29, 1.82) is 0 Å². The lowest BCUT2D eigenvalue weighted by Crippen LogP contribution is -2.20. The number of hydrogen-bond acceptors (Lipinski definition) is 9. The first-order valence-corrected chi connectivity index (χ1v) is 13.8. The van der Waals surface area contributed by atoms with Crippen molar-refractivity contribution in [1.82, 2.24) is 14.6 Å². The molecular formula is C30H20IN5O6. The SMILES string of the molecule is CCOc1cc(C=Nn2c(-c3cc4ccccc4o3)nc3ccccc3c2=O)cc(I)c1Oc1ccc([N+](=O)[O-])cn1. The zero-order chi connectivity index (χ0) is 29.2. The van der Waals surface area contributed by atoms with Crippen molar-refractivity contribution in [3.05, 3.63) is 115 Å². The molecule has 0 N–H and O–H groups in total. The molecule has 6 rings (SSSR count). The maximum absolute atomic E-state index is 13.6. The molecule has 3 heterocycles. The van der Waals surface area contributed by atoms with Crippen molar-refractivity contribution in [3.63, 3.8) is 0 Å². The summed E-state index contributed by atoms with van der Waals surface area (Å²) >= 11 is 2.09. The lowest BCUT2D eigenvalue weighted by atomic mass is 10.2. The minimum Gasteiger partial charge on any atom is -0.490 e. The second kappa shape index (κ2) is 11.4. The van der Waals surface area contributed by atoms with Gasteiger partial charge in [0.2, 0.25) is 11.7 Å². The lowest BCUT2D eigenvalue weighted by molar-refractivity contribution is -0.385. The summed E-state index contributed by atoms with van der Waals surface area (Å²) in [6.07, 6.45) is 2.65. The molecule has 208 valence electrons. The molecule has 12 heteroatoms. The standard InChI is InChI=1S/C30H20IN5O6/c1-2-40-25-14-18(13-22(31)28(25)42-27-12-11-20(17-32-27)36(38)39)16-33-35-29(26-15-19-7-3-6-10-24(19)41-26)34-23-9-5-4-8-21(23)30(35)37/h3-17H,2H2,1H3. The van der Waals surface area contributed by atoms with Gasteiger partial charge in [0.05, 0.1) is 32.2 Å². The van der Waals surface area contributed by atoms with Gasteiger partial charge in [-0.2, -0.15) is 9.78 Å². The largest absolute Gasteiger partial charge is 0.490 e. The number of nitro groups is 1. The van der Waals surface area contributed by atoms with E-state index < -0.39 is 4.92 Å². The average Bonchev–Trinajstić information content (AvgIpc) is 3.43. The van der Waals surface area contributed by atoms with Crippen molar-refractivity contribution < 1.29 is 18.8 Å². The Kier molecular flexibility index (Phi) is 7.35. The fourth-order valence-electron chi connectivity index (χ4n) is 4.28. The molecule has 0 aliphatic heterocycles. The Balaban J connectivity index is 1.41. The van der Waals surface area contributed by atoms with Gasteiger partial charge < -0.3 is 13.9 Å². The second-order valence-corrected chi connectivity index (χ2v) is 10.1. The number of halogens is 1. The first-order valence-electron chi connectivity index (χ1n) is 12.7. The molecule has 0 aliphatic rings. The van der Waals surface area contributed by atoms with Gasteiger partial charge >= 0.3 is 0 Å². The molecule has 0 bridgehead atoms. The van der Waals surface area contributed by atoms with Crippen LogP contribution in [-0.4, -0.2) is 32.4 Å². The molecule has 0 atom stereocenters. The van der Waals surface area contributed by atoms with E-state index >= 15 is 0 Å². The average molecular weight is 673 g/mol. The van der Waals surface area contributed by atoms with Crippen LogP contribution in [0.2, 0.25) is 0 Å². The number of rotatable bonds is 8. The van der Waals surface area contributed by atoms with Gasteiger partial charge in [-0.05, 0) is 71.5 Å². The normalized spacial score (nSPS) is 11.4. The third kappa shape index (κ3) is 5.31. The Morgan fingerprint density at radius 2 is 1.90 bits per heavy atom. The van der Waals surface area contributed by atoms with Crippen LogP contribution in [0.3, 0.4) is 0 Å². The van der Waals surface area contributed by atoms with Crippen LogP contribution in [0.4, 0.5) is 5.69 Å².